The van der Waals surface area contributed by atoms with Crippen LogP contribution in [0.15, 0.2) is 47.4 Å². The normalized spacial score (nSPS) is 10.3. The molecule has 0 aliphatic heterocycles. The number of anilines is 1. The lowest BCUT2D eigenvalue weighted by Gasteiger charge is -2.09. The maximum Gasteiger partial charge on any atom is 0.234 e. The van der Waals surface area contributed by atoms with Gasteiger partial charge in [0, 0.05) is 20.6 Å². The lowest BCUT2D eigenvalue weighted by molar-refractivity contribution is -0.113. The fraction of sp³-hybridized carbons (Fsp3) is 0.133. The van der Waals surface area contributed by atoms with Crippen LogP contribution in [0.25, 0.3) is 0 Å². The molecule has 0 atom stereocenters. The Hall–Kier alpha value is -1.16. The third-order valence-corrected chi connectivity index (χ3v) is 4.40. The highest BCUT2D eigenvalue weighted by molar-refractivity contribution is 8.00. The third kappa shape index (κ3) is 4.17. The number of hydrogen-bond donors (Lipinski definition) is 1. The molecule has 2 rings (SSSR count). The van der Waals surface area contributed by atoms with Crippen molar-refractivity contribution in [3.05, 3.63) is 58.1 Å². The van der Waals surface area contributed by atoms with E-state index >= 15 is 0 Å². The quantitative estimate of drug-likeness (QED) is 0.798. The van der Waals surface area contributed by atoms with Crippen LogP contribution in [0.4, 0.5) is 5.69 Å². The topological polar surface area (TPSA) is 29.1 Å². The number of thioether (sulfide) groups is 1. The van der Waals surface area contributed by atoms with Gasteiger partial charge in [-0.1, -0.05) is 29.3 Å². The van der Waals surface area contributed by atoms with Crippen molar-refractivity contribution in [2.75, 3.05) is 11.1 Å². The molecular weight excluding hydrogens is 313 g/mol. The Labute approximate surface area is 132 Å². The van der Waals surface area contributed by atoms with Gasteiger partial charge in [-0.05, 0) is 48.9 Å². The van der Waals surface area contributed by atoms with Crippen LogP contribution in [0, 0.1) is 6.92 Å². The predicted molar refractivity (Wildman–Crippen MR) is 87.0 cm³/mol. The van der Waals surface area contributed by atoms with Gasteiger partial charge in [0.15, 0.2) is 0 Å². The highest BCUT2D eigenvalue weighted by Gasteiger charge is 2.07. The van der Waals surface area contributed by atoms with E-state index < -0.39 is 0 Å². The van der Waals surface area contributed by atoms with E-state index in [2.05, 4.69) is 5.32 Å². The van der Waals surface area contributed by atoms with Crippen LogP contribution in [-0.2, 0) is 4.79 Å². The maximum absolute atomic E-state index is 11.9. The van der Waals surface area contributed by atoms with E-state index in [1.165, 1.54) is 11.8 Å². The maximum atomic E-state index is 11.9. The van der Waals surface area contributed by atoms with Gasteiger partial charge in [-0.25, -0.2) is 0 Å². The molecular formula is C15H13Cl2NOS. The molecule has 20 heavy (non-hydrogen) atoms. The number of carbonyl (C=O) groups excluding carboxylic acids is 1. The minimum Gasteiger partial charge on any atom is -0.325 e. The first-order valence-electron chi connectivity index (χ1n) is 5.99. The first kappa shape index (κ1) is 15.2. The fourth-order valence-electron chi connectivity index (χ4n) is 1.61. The highest BCUT2D eigenvalue weighted by atomic mass is 35.5. The number of hydrogen-bond acceptors (Lipinski definition) is 2. The number of halogens is 2. The van der Waals surface area contributed by atoms with E-state index in [4.69, 9.17) is 23.2 Å². The molecule has 0 fully saturated rings. The minimum absolute atomic E-state index is 0.0599. The van der Waals surface area contributed by atoms with Crippen LogP contribution in [0.3, 0.4) is 0 Å². The summed E-state index contributed by atoms with van der Waals surface area (Å²) in [6.07, 6.45) is 0. The van der Waals surface area contributed by atoms with Crippen LogP contribution < -0.4 is 5.32 Å². The Morgan fingerprint density at radius 1 is 1.15 bits per heavy atom. The van der Waals surface area contributed by atoms with Gasteiger partial charge >= 0.3 is 0 Å². The highest BCUT2D eigenvalue weighted by Crippen LogP contribution is 2.24. The molecule has 2 nitrogen and oxygen atoms in total. The zero-order valence-corrected chi connectivity index (χ0v) is 13.1. The molecule has 0 aliphatic rings. The molecule has 0 saturated carbocycles. The summed E-state index contributed by atoms with van der Waals surface area (Å²) in [6.45, 7) is 1.88. The summed E-state index contributed by atoms with van der Waals surface area (Å²) in [7, 11) is 0. The molecule has 1 amide bonds. The van der Waals surface area contributed by atoms with Crippen molar-refractivity contribution in [2.24, 2.45) is 0 Å². The average molecular weight is 326 g/mol. The van der Waals surface area contributed by atoms with Crippen LogP contribution in [-0.4, -0.2) is 11.7 Å². The molecule has 0 radical (unpaired) electrons. The van der Waals surface area contributed by atoms with E-state index in [1.54, 1.807) is 6.07 Å². The van der Waals surface area contributed by atoms with E-state index in [-0.39, 0.29) is 5.91 Å². The van der Waals surface area contributed by atoms with E-state index in [0.717, 1.165) is 16.1 Å². The van der Waals surface area contributed by atoms with Crippen molar-refractivity contribution in [1.29, 1.82) is 0 Å². The molecule has 104 valence electrons. The van der Waals surface area contributed by atoms with Gasteiger partial charge in [0.1, 0.15) is 0 Å². The van der Waals surface area contributed by atoms with Gasteiger partial charge in [-0.2, -0.15) is 0 Å². The van der Waals surface area contributed by atoms with E-state index in [9.17, 15) is 4.79 Å². The van der Waals surface area contributed by atoms with Crippen LogP contribution >= 0.6 is 35.0 Å². The summed E-state index contributed by atoms with van der Waals surface area (Å²) in [6, 6.07) is 12.9. The number of rotatable bonds is 4. The summed E-state index contributed by atoms with van der Waals surface area (Å²) in [5, 5.41) is 4.20. The predicted octanol–water partition coefficient (Wildman–Crippen LogP) is 5.03. The molecule has 0 saturated heterocycles. The zero-order valence-electron chi connectivity index (χ0n) is 10.8. The van der Waals surface area contributed by atoms with Gasteiger partial charge in [0.05, 0.1) is 5.75 Å². The summed E-state index contributed by atoms with van der Waals surface area (Å²) in [4.78, 5) is 12.9. The standard InChI is InChI=1S/C15H13Cl2NOS/c1-10-13(17)3-2-4-14(10)18-15(19)9-20-12-7-5-11(16)6-8-12/h2-8H,9H2,1H3,(H,18,19). The van der Waals surface area contributed by atoms with Crippen molar-refractivity contribution in [3.8, 4) is 0 Å². The number of amides is 1. The van der Waals surface area contributed by atoms with E-state index in [1.807, 2.05) is 43.3 Å². The molecule has 0 aliphatic carbocycles. The summed E-state index contributed by atoms with van der Waals surface area (Å²) in [5.74, 6) is 0.281. The monoisotopic (exact) mass is 325 g/mol. The summed E-state index contributed by atoms with van der Waals surface area (Å²) in [5.41, 5.74) is 1.62. The van der Waals surface area contributed by atoms with Gasteiger partial charge < -0.3 is 5.32 Å². The van der Waals surface area contributed by atoms with Crippen molar-refractivity contribution in [2.45, 2.75) is 11.8 Å². The fourth-order valence-corrected chi connectivity index (χ4v) is 2.61. The van der Waals surface area contributed by atoms with Crippen molar-refractivity contribution >= 4 is 46.6 Å². The second-order valence-corrected chi connectivity index (χ2v) is 6.10. The van der Waals surface area contributed by atoms with Crippen LogP contribution in [0.5, 0.6) is 0 Å². The largest absolute Gasteiger partial charge is 0.325 e. The Morgan fingerprint density at radius 2 is 1.85 bits per heavy atom. The second-order valence-electron chi connectivity index (χ2n) is 4.20. The molecule has 0 spiro atoms. The molecule has 5 heteroatoms. The third-order valence-electron chi connectivity index (χ3n) is 2.73. The van der Waals surface area contributed by atoms with Gasteiger partial charge in [0.25, 0.3) is 0 Å². The first-order chi connectivity index (χ1) is 9.56. The smallest absolute Gasteiger partial charge is 0.234 e. The van der Waals surface area contributed by atoms with Crippen molar-refractivity contribution < 1.29 is 4.79 Å². The average Bonchev–Trinajstić information content (AvgIpc) is 2.43. The lowest BCUT2D eigenvalue weighted by atomic mass is 10.2. The molecule has 0 unspecified atom stereocenters. The van der Waals surface area contributed by atoms with Gasteiger partial charge in [-0.3, -0.25) is 4.79 Å². The van der Waals surface area contributed by atoms with Gasteiger partial charge in [-0.15, -0.1) is 11.8 Å². The van der Waals surface area contributed by atoms with Crippen LogP contribution in [0.1, 0.15) is 5.56 Å². The van der Waals surface area contributed by atoms with Crippen molar-refractivity contribution in [3.63, 3.8) is 0 Å². The summed E-state index contributed by atoms with van der Waals surface area (Å²) < 4.78 is 0. The molecule has 0 aromatic heterocycles. The lowest BCUT2D eigenvalue weighted by Crippen LogP contribution is -2.14. The minimum atomic E-state index is -0.0599. The number of benzene rings is 2. The SMILES string of the molecule is Cc1c(Cl)cccc1NC(=O)CSc1ccc(Cl)cc1. The molecule has 2 aromatic rings. The molecule has 0 bridgehead atoms. The zero-order chi connectivity index (χ0) is 14.5. The van der Waals surface area contributed by atoms with Crippen LogP contribution in [0.2, 0.25) is 10.0 Å². The molecule has 2 aromatic carbocycles. The Kier molecular flexibility index (Phi) is 5.35. The van der Waals surface area contributed by atoms with E-state index in [0.29, 0.717) is 15.8 Å². The summed E-state index contributed by atoms with van der Waals surface area (Å²) >= 11 is 13.3. The Morgan fingerprint density at radius 3 is 2.55 bits per heavy atom. The number of carbonyl (C=O) groups is 1. The second kappa shape index (κ2) is 7.02. The van der Waals surface area contributed by atoms with Crippen molar-refractivity contribution in [1.82, 2.24) is 0 Å². The first-order valence-corrected chi connectivity index (χ1v) is 7.74. The number of nitrogens with one attached hydrogen (secondary N) is 1. The Bertz CT molecular complexity index is 614. The molecule has 0 heterocycles. The Balaban J connectivity index is 1.92. The van der Waals surface area contributed by atoms with Gasteiger partial charge in [0.2, 0.25) is 5.91 Å². The molecule has 1 N–H and O–H groups in total.